The molecule has 6 rings (SSSR count). The minimum atomic E-state index is -2.34. The lowest BCUT2D eigenvalue weighted by molar-refractivity contribution is -0.323. The van der Waals surface area contributed by atoms with Crippen molar-refractivity contribution in [1.29, 1.82) is 0 Å². The van der Waals surface area contributed by atoms with Crippen LogP contribution >= 0.6 is 24.4 Å². The number of benzene rings is 2. The van der Waals surface area contributed by atoms with Crippen LogP contribution in [0, 0.1) is 22.7 Å². The normalized spacial score (nSPS) is 29.5. The van der Waals surface area contributed by atoms with Crippen LogP contribution in [-0.2, 0) is 44.2 Å². The van der Waals surface area contributed by atoms with E-state index in [1.54, 1.807) is 49.4 Å². The number of carboxylic acids is 1. The van der Waals surface area contributed by atoms with Crippen LogP contribution in [0.15, 0.2) is 77.2 Å². The molecule has 0 bridgehead atoms. The maximum absolute atomic E-state index is 17.6. The third-order valence-electron chi connectivity index (χ3n) is 13.6. The average molecular weight is 957 g/mol. The van der Waals surface area contributed by atoms with Gasteiger partial charge in [0.05, 0.1) is 24.3 Å². The van der Waals surface area contributed by atoms with Gasteiger partial charge in [0.25, 0.3) is 0 Å². The van der Waals surface area contributed by atoms with E-state index in [1.165, 1.54) is 37.8 Å². The highest BCUT2D eigenvalue weighted by Gasteiger charge is 2.76. The predicted molar refractivity (Wildman–Crippen MR) is 240 cm³/mol. The van der Waals surface area contributed by atoms with Gasteiger partial charge < -0.3 is 41.5 Å². The maximum Gasteiger partial charge on any atom is 0.304 e. The van der Waals surface area contributed by atoms with Crippen molar-refractivity contribution in [2.75, 3.05) is 25.0 Å². The molecule has 4 amide bonds. The molecule has 4 aliphatic rings. The minimum absolute atomic E-state index is 0.00433. The molecule has 20 heteroatoms. The van der Waals surface area contributed by atoms with Crippen LogP contribution in [0.1, 0.15) is 64.9 Å². The molecule has 0 saturated heterocycles. The molecular formula is C46H54F2N4O12S2. The van der Waals surface area contributed by atoms with Crippen LogP contribution in [0.25, 0.3) is 0 Å². The van der Waals surface area contributed by atoms with Gasteiger partial charge in [0.1, 0.15) is 18.8 Å². The molecule has 8 unspecified atom stereocenters. The van der Waals surface area contributed by atoms with E-state index in [0.29, 0.717) is 11.4 Å². The zero-order chi connectivity index (χ0) is 48.2. The highest BCUT2D eigenvalue weighted by atomic mass is 32.2. The molecule has 0 heterocycles. The number of hydrogen-bond donors (Lipinski definition) is 8. The summed E-state index contributed by atoms with van der Waals surface area (Å²) in [4.78, 5) is 98.4. The summed E-state index contributed by atoms with van der Waals surface area (Å²) in [5.41, 5.74) is -5.64. The van der Waals surface area contributed by atoms with Gasteiger partial charge in [0.2, 0.25) is 23.6 Å². The number of anilines is 1. The predicted octanol–water partition coefficient (Wildman–Crippen LogP) is 3.75. The lowest BCUT2D eigenvalue weighted by Gasteiger charge is -2.63. The van der Waals surface area contributed by atoms with Gasteiger partial charge in [-0.25, -0.2) is 8.78 Å². The number of rotatable bonds is 19. The monoisotopic (exact) mass is 956 g/mol. The second-order valence-corrected chi connectivity index (χ2v) is 19.3. The van der Waals surface area contributed by atoms with Crippen LogP contribution in [0.5, 0.6) is 5.75 Å². The average Bonchev–Trinajstić information content (AvgIpc) is 3.57. The van der Waals surface area contributed by atoms with E-state index in [-0.39, 0.29) is 50.0 Å². The van der Waals surface area contributed by atoms with Crippen molar-refractivity contribution in [1.82, 2.24) is 16.0 Å². The molecule has 7 N–H and O–H groups in total. The first-order valence-corrected chi connectivity index (χ1v) is 23.0. The number of carboxylic acid groups (broad SMARTS) is 1. The van der Waals surface area contributed by atoms with E-state index < -0.39 is 118 Å². The van der Waals surface area contributed by atoms with E-state index in [2.05, 4.69) is 33.9 Å². The van der Waals surface area contributed by atoms with Crippen molar-refractivity contribution >= 4 is 71.2 Å². The van der Waals surface area contributed by atoms with Gasteiger partial charge in [-0.2, -0.15) is 17.5 Å². The Labute approximate surface area is 389 Å². The molecule has 2 aromatic carbocycles. The van der Waals surface area contributed by atoms with Crippen molar-refractivity contribution in [3.63, 3.8) is 0 Å². The third kappa shape index (κ3) is 10.1. The number of amides is 4. The van der Waals surface area contributed by atoms with Crippen LogP contribution in [0.3, 0.4) is 0 Å². The second-order valence-electron chi connectivity index (χ2n) is 17.6. The first-order chi connectivity index (χ1) is 31.2. The quantitative estimate of drug-likeness (QED) is 0.0434. The smallest absolute Gasteiger partial charge is 0.304 e. The number of fused-ring (bicyclic) bond motifs is 5. The fourth-order valence-corrected chi connectivity index (χ4v) is 11.3. The number of Topliss-reactive ketones (excluding diaryl/α,β-unsaturated/α-hetero) is 1. The molecule has 0 aromatic heterocycles. The van der Waals surface area contributed by atoms with Gasteiger partial charge in [-0.05, 0) is 99.1 Å². The Morgan fingerprint density at radius 1 is 1.02 bits per heavy atom. The molecule has 0 radical (unpaired) electrons. The van der Waals surface area contributed by atoms with Crippen molar-refractivity contribution in [2.45, 2.75) is 105 Å². The molecule has 0 aliphatic heterocycles. The molecule has 66 heavy (non-hydrogen) atoms. The number of carbonyl (C=O) groups excluding carboxylic acids is 6. The largest absolute Gasteiger partial charge is 0.481 e. The summed E-state index contributed by atoms with van der Waals surface area (Å²) in [5, 5.41) is 39.6. The number of alkyl halides is 2. The van der Waals surface area contributed by atoms with E-state index >= 15 is 8.78 Å². The summed E-state index contributed by atoms with van der Waals surface area (Å²) in [5.74, 6) is -5.63. The molecule has 16 nitrogen and oxygen atoms in total. The van der Waals surface area contributed by atoms with Crippen molar-refractivity contribution in [3.8, 4) is 5.75 Å². The topological polar surface area (TPSA) is 247 Å². The Bertz CT molecular complexity index is 2300. The number of allylic oxidation sites excluding steroid dienone is 4. The van der Waals surface area contributed by atoms with Crippen LogP contribution in [-0.4, -0.2) is 111 Å². The lowest BCUT2D eigenvalue weighted by Crippen LogP contribution is -2.70. The van der Waals surface area contributed by atoms with Crippen LogP contribution in [0.2, 0.25) is 0 Å². The Balaban J connectivity index is 0.990. The Hall–Kier alpha value is -5.15. The highest BCUT2D eigenvalue weighted by Crippen LogP contribution is 2.70. The van der Waals surface area contributed by atoms with E-state index in [9.17, 15) is 43.8 Å². The number of carbonyl (C=O) groups is 7. The minimum Gasteiger partial charge on any atom is -0.481 e. The van der Waals surface area contributed by atoms with Gasteiger partial charge in [0, 0.05) is 46.0 Å². The molecule has 356 valence electrons. The zero-order valence-corrected chi connectivity index (χ0v) is 38.2. The number of aliphatic hydroxyl groups excluding tert-OH is 2. The number of thiol groups is 1. The molecule has 0 spiro atoms. The molecular weight excluding hydrogens is 903 g/mol. The van der Waals surface area contributed by atoms with Gasteiger partial charge >= 0.3 is 5.97 Å². The first-order valence-electron chi connectivity index (χ1n) is 21.5. The fourth-order valence-electron chi connectivity index (χ4n) is 10.1. The summed E-state index contributed by atoms with van der Waals surface area (Å²) in [6.45, 7) is 3.25. The lowest BCUT2D eigenvalue weighted by atomic mass is 9.44. The van der Waals surface area contributed by atoms with Gasteiger partial charge in [-0.1, -0.05) is 31.2 Å². The first kappa shape index (κ1) is 50.3. The number of halogens is 2. The number of thioether (sulfide) groups is 1. The van der Waals surface area contributed by atoms with E-state index in [4.69, 9.17) is 14.9 Å². The van der Waals surface area contributed by atoms with Crippen molar-refractivity contribution in [3.05, 3.63) is 77.9 Å². The third-order valence-corrected chi connectivity index (χ3v) is 15.1. The summed E-state index contributed by atoms with van der Waals surface area (Å²) >= 11 is 5.37. The van der Waals surface area contributed by atoms with Gasteiger partial charge in [0.15, 0.2) is 28.6 Å². The SMILES string of the molecule is CC(NC(=O)CNC(=O)CCNC(=O)C(S)CC(=O)O)C(=O)Nc1cccc(SCc2ccc(OOC3(C(=O)CO)CCC4C5C[C@@H](F)C6=CC(=O)C=CC6(C)[C@]5(F)C(O)CC43C)cc2)c1. The van der Waals surface area contributed by atoms with Crippen LogP contribution < -0.4 is 26.2 Å². The highest BCUT2D eigenvalue weighted by molar-refractivity contribution is 7.98. The van der Waals surface area contributed by atoms with E-state index in [0.717, 1.165) is 16.5 Å². The maximum atomic E-state index is 17.6. The number of aliphatic carboxylic acids is 1. The van der Waals surface area contributed by atoms with Gasteiger partial charge in [-0.3, -0.25) is 33.6 Å². The Morgan fingerprint density at radius 3 is 2.44 bits per heavy atom. The number of ketones is 2. The molecule has 10 atom stereocenters. The van der Waals surface area contributed by atoms with E-state index in [1.807, 2.05) is 6.07 Å². The number of nitrogens with one attached hydrogen (secondary N) is 4. The molecule has 4 aliphatic carbocycles. The Kier molecular flexibility index (Phi) is 15.5. The second kappa shape index (κ2) is 20.4. The zero-order valence-electron chi connectivity index (χ0n) is 36.5. The molecule has 3 saturated carbocycles. The van der Waals surface area contributed by atoms with Crippen molar-refractivity contribution < 1.29 is 67.4 Å². The molecule has 2 aromatic rings. The Morgan fingerprint density at radius 2 is 1.74 bits per heavy atom. The summed E-state index contributed by atoms with van der Waals surface area (Å²) in [6, 6.07) is 12.9. The van der Waals surface area contributed by atoms with Gasteiger partial charge in [-0.15, -0.1) is 11.8 Å². The number of aliphatic hydroxyl groups is 2. The molecule has 3 fully saturated rings. The fraction of sp³-hybridized carbons (Fsp3) is 0.500. The number of hydrogen-bond acceptors (Lipinski definition) is 13. The summed E-state index contributed by atoms with van der Waals surface area (Å²) in [7, 11) is 0. The van der Waals surface area contributed by atoms with Crippen LogP contribution in [0.4, 0.5) is 14.5 Å². The summed E-state index contributed by atoms with van der Waals surface area (Å²) in [6.07, 6.45) is -0.573. The summed E-state index contributed by atoms with van der Waals surface area (Å²) < 4.78 is 33.5. The van der Waals surface area contributed by atoms with Crippen molar-refractivity contribution in [2.24, 2.45) is 22.7 Å². The standard InChI is InChI=1S/C46H54F2N4O12S2/c1-25(51-39(58)22-50-38(57)13-16-49-42(62)35(65)20-40(59)60)41(61)52-27-5-4-6-30(17-27)66-24-26-7-9-29(10-8-26)63-64-45(37(56)23-53)15-12-31-32-19-34(47)33-18-28(54)11-14-43(33,2)46(32,48)36(55)21-44(31,45)3/h4-11,14,17-18,25,31-32,34-36,53,55,65H,12-13,15-16,19-24H2,1-3H3,(H,49,62)(H,50,57)(H,51,58)(H,52,61)(H,59,60)/t25?,31?,32?,34-,35?,36?,43?,44?,45?,46-/m1/s1.